The van der Waals surface area contributed by atoms with E-state index in [9.17, 15) is 8.42 Å². The molecule has 132 valence electrons. The van der Waals surface area contributed by atoms with E-state index >= 15 is 0 Å². The summed E-state index contributed by atoms with van der Waals surface area (Å²) in [7, 11) is -2.25. The molecule has 1 N–H and O–H groups in total. The lowest BCUT2D eigenvalue weighted by Gasteiger charge is -2.11. The van der Waals surface area contributed by atoms with Crippen molar-refractivity contribution in [2.75, 3.05) is 7.11 Å². The monoisotopic (exact) mass is 378 g/mol. The highest BCUT2D eigenvalue weighted by Crippen LogP contribution is 2.29. The fourth-order valence-electron chi connectivity index (χ4n) is 2.33. The van der Waals surface area contributed by atoms with Gasteiger partial charge in [-0.2, -0.15) is 0 Å². The number of rotatable bonds is 6. The molecule has 0 saturated heterocycles. The van der Waals surface area contributed by atoms with Gasteiger partial charge in [-0.15, -0.1) is 11.3 Å². The van der Waals surface area contributed by atoms with Crippen LogP contribution in [-0.2, 0) is 16.6 Å². The van der Waals surface area contributed by atoms with Crippen molar-refractivity contribution >= 4 is 21.4 Å². The van der Waals surface area contributed by atoms with Gasteiger partial charge in [-0.25, -0.2) is 18.1 Å². The highest BCUT2D eigenvalue weighted by Gasteiger charge is 2.21. The lowest BCUT2D eigenvalue weighted by Crippen LogP contribution is -2.23. The molecule has 0 amide bonds. The number of nitrogens with one attached hydrogen (secondary N) is 1. The fourth-order valence-corrected chi connectivity index (χ4v) is 4.64. The normalized spacial score (nSPS) is 11.6. The van der Waals surface area contributed by atoms with Gasteiger partial charge in [-0.1, -0.05) is 6.07 Å². The van der Waals surface area contributed by atoms with Crippen molar-refractivity contribution in [3.8, 4) is 16.5 Å². The minimum Gasteiger partial charge on any atom is -0.495 e. The SMILES string of the molecule is COc1ccc(C)cc1S(=O)(=O)NCc1sc(-c2ccco2)nc1C. The van der Waals surface area contributed by atoms with Crippen molar-refractivity contribution in [1.29, 1.82) is 0 Å². The van der Waals surface area contributed by atoms with Crippen LogP contribution in [0.3, 0.4) is 0 Å². The summed E-state index contributed by atoms with van der Waals surface area (Å²) in [5.41, 5.74) is 1.62. The lowest BCUT2D eigenvalue weighted by atomic mass is 10.2. The zero-order chi connectivity index (χ0) is 18.0. The Morgan fingerprint density at radius 3 is 2.76 bits per heavy atom. The van der Waals surface area contributed by atoms with E-state index in [0.29, 0.717) is 11.5 Å². The Hall–Kier alpha value is -2.16. The average molecular weight is 378 g/mol. The van der Waals surface area contributed by atoms with Crippen LogP contribution in [0.1, 0.15) is 16.1 Å². The molecule has 2 heterocycles. The van der Waals surface area contributed by atoms with E-state index in [2.05, 4.69) is 9.71 Å². The van der Waals surface area contributed by atoms with Crippen LogP contribution in [0.4, 0.5) is 0 Å². The van der Waals surface area contributed by atoms with Crippen LogP contribution in [0.5, 0.6) is 5.75 Å². The molecule has 8 heteroatoms. The first-order valence-electron chi connectivity index (χ1n) is 7.55. The smallest absolute Gasteiger partial charge is 0.244 e. The van der Waals surface area contributed by atoms with Gasteiger partial charge < -0.3 is 9.15 Å². The molecule has 0 bridgehead atoms. The topological polar surface area (TPSA) is 81.4 Å². The number of sulfonamides is 1. The molecule has 0 spiro atoms. The minimum atomic E-state index is -3.70. The van der Waals surface area contributed by atoms with E-state index in [1.54, 1.807) is 30.5 Å². The van der Waals surface area contributed by atoms with Crippen molar-refractivity contribution in [1.82, 2.24) is 9.71 Å². The summed E-state index contributed by atoms with van der Waals surface area (Å²) in [4.78, 5) is 5.40. The van der Waals surface area contributed by atoms with E-state index < -0.39 is 10.0 Å². The Bertz CT molecular complexity index is 976. The summed E-state index contributed by atoms with van der Waals surface area (Å²) < 4.78 is 38.5. The summed E-state index contributed by atoms with van der Waals surface area (Å²) in [6, 6.07) is 8.66. The van der Waals surface area contributed by atoms with Crippen LogP contribution >= 0.6 is 11.3 Å². The predicted molar refractivity (Wildman–Crippen MR) is 96.3 cm³/mol. The number of nitrogens with zero attached hydrogens (tertiary/aromatic N) is 1. The van der Waals surface area contributed by atoms with Crippen LogP contribution in [0.2, 0.25) is 0 Å². The van der Waals surface area contributed by atoms with Crippen molar-refractivity contribution in [2.45, 2.75) is 25.3 Å². The number of furan rings is 1. The Labute approximate surface area is 150 Å². The maximum atomic E-state index is 12.7. The first-order chi connectivity index (χ1) is 11.9. The molecular weight excluding hydrogens is 360 g/mol. The third-order valence-electron chi connectivity index (χ3n) is 3.66. The second-order valence-electron chi connectivity index (χ2n) is 5.48. The number of benzene rings is 1. The standard InChI is InChI=1S/C17H18N2O4S2/c1-11-6-7-13(22-3)16(9-11)25(20,21)18-10-15-12(2)19-17(24-15)14-5-4-8-23-14/h4-9,18H,10H2,1-3H3. The largest absolute Gasteiger partial charge is 0.495 e. The van der Waals surface area contributed by atoms with Crippen LogP contribution in [-0.4, -0.2) is 20.5 Å². The number of aryl methyl sites for hydroxylation is 2. The molecule has 0 radical (unpaired) electrons. The number of hydrogen-bond acceptors (Lipinski definition) is 6. The predicted octanol–water partition coefficient (Wildman–Crippen LogP) is 3.51. The Morgan fingerprint density at radius 2 is 2.08 bits per heavy atom. The van der Waals surface area contributed by atoms with E-state index in [0.717, 1.165) is 21.1 Å². The Balaban J connectivity index is 1.83. The zero-order valence-corrected chi connectivity index (χ0v) is 15.7. The van der Waals surface area contributed by atoms with Crippen LogP contribution in [0, 0.1) is 13.8 Å². The quantitative estimate of drug-likeness (QED) is 0.710. The van der Waals surface area contributed by atoms with Gasteiger partial charge in [0.1, 0.15) is 10.6 Å². The number of methoxy groups -OCH3 is 1. The molecular formula is C17H18N2O4S2. The van der Waals surface area contributed by atoms with Gasteiger partial charge in [-0.3, -0.25) is 0 Å². The second-order valence-corrected chi connectivity index (χ2v) is 8.30. The molecule has 0 unspecified atom stereocenters. The van der Waals surface area contributed by atoms with Gasteiger partial charge in [-0.05, 0) is 43.7 Å². The Kier molecular flexibility index (Phi) is 4.94. The summed E-state index contributed by atoms with van der Waals surface area (Å²) in [6.45, 7) is 3.84. The molecule has 25 heavy (non-hydrogen) atoms. The summed E-state index contributed by atoms with van der Waals surface area (Å²) in [5.74, 6) is 0.984. The maximum Gasteiger partial charge on any atom is 0.244 e. The molecule has 0 fully saturated rings. The van der Waals surface area contributed by atoms with Crippen molar-refractivity contribution in [3.05, 3.63) is 52.7 Å². The molecule has 3 aromatic rings. The lowest BCUT2D eigenvalue weighted by molar-refractivity contribution is 0.402. The van der Waals surface area contributed by atoms with Crippen LogP contribution < -0.4 is 9.46 Å². The fraction of sp³-hybridized carbons (Fsp3) is 0.235. The summed E-state index contributed by atoms with van der Waals surface area (Å²) in [6.07, 6.45) is 1.58. The van der Waals surface area contributed by atoms with Crippen molar-refractivity contribution in [2.24, 2.45) is 0 Å². The first kappa shape index (κ1) is 17.7. The summed E-state index contributed by atoms with van der Waals surface area (Å²) in [5, 5.41) is 0.727. The maximum absolute atomic E-state index is 12.7. The molecule has 0 saturated carbocycles. The molecule has 0 aliphatic heterocycles. The minimum absolute atomic E-state index is 0.128. The van der Waals surface area contributed by atoms with Gasteiger partial charge in [0.05, 0.1) is 19.1 Å². The highest BCUT2D eigenvalue weighted by molar-refractivity contribution is 7.89. The Morgan fingerprint density at radius 1 is 1.28 bits per heavy atom. The molecule has 1 aromatic carbocycles. The van der Waals surface area contributed by atoms with E-state index in [-0.39, 0.29) is 11.4 Å². The van der Waals surface area contributed by atoms with Gasteiger partial charge in [0.2, 0.25) is 10.0 Å². The van der Waals surface area contributed by atoms with Gasteiger partial charge >= 0.3 is 0 Å². The number of hydrogen-bond donors (Lipinski definition) is 1. The van der Waals surface area contributed by atoms with Gasteiger partial charge in [0, 0.05) is 11.4 Å². The van der Waals surface area contributed by atoms with Crippen LogP contribution in [0.25, 0.3) is 10.8 Å². The van der Waals surface area contributed by atoms with E-state index in [1.165, 1.54) is 18.4 Å². The number of aromatic nitrogens is 1. The third-order valence-corrected chi connectivity index (χ3v) is 6.25. The van der Waals surface area contributed by atoms with Crippen LogP contribution in [0.15, 0.2) is 45.9 Å². The van der Waals surface area contributed by atoms with Gasteiger partial charge in [0.25, 0.3) is 0 Å². The molecule has 0 aliphatic rings. The first-order valence-corrected chi connectivity index (χ1v) is 9.85. The highest BCUT2D eigenvalue weighted by atomic mass is 32.2. The van der Waals surface area contributed by atoms with Crippen molar-refractivity contribution in [3.63, 3.8) is 0 Å². The molecule has 6 nitrogen and oxygen atoms in total. The molecule has 0 atom stereocenters. The molecule has 3 rings (SSSR count). The van der Waals surface area contributed by atoms with Crippen molar-refractivity contribution < 1.29 is 17.6 Å². The number of thiazole rings is 1. The average Bonchev–Trinajstić information content (AvgIpc) is 3.22. The van der Waals surface area contributed by atoms with Gasteiger partial charge in [0.15, 0.2) is 10.8 Å². The zero-order valence-electron chi connectivity index (χ0n) is 14.1. The third kappa shape index (κ3) is 3.76. The summed E-state index contributed by atoms with van der Waals surface area (Å²) >= 11 is 1.40. The molecule has 2 aromatic heterocycles. The molecule has 0 aliphatic carbocycles. The van der Waals surface area contributed by atoms with E-state index in [4.69, 9.17) is 9.15 Å². The number of ether oxygens (including phenoxy) is 1. The second kappa shape index (κ2) is 6.99. The van der Waals surface area contributed by atoms with E-state index in [1.807, 2.05) is 19.9 Å².